The van der Waals surface area contributed by atoms with Crippen molar-refractivity contribution < 1.29 is 4.79 Å². The zero-order chi connectivity index (χ0) is 13.4. The lowest BCUT2D eigenvalue weighted by Gasteiger charge is -2.23. The molecule has 5 heteroatoms. The molecule has 1 aliphatic heterocycles. The van der Waals surface area contributed by atoms with Crippen LogP contribution >= 0.6 is 12.4 Å². The Kier molecular flexibility index (Phi) is 4.26. The minimum absolute atomic E-state index is 0. The molecular weight excluding hydrogens is 274 g/mol. The van der Waals surface area contributed by atoms with E-state index in [0.29, 0.717) is 12.2 Å². The summed E-state index contributed by atoms with van der Waals surface area (Å²) in [6, 6.07) is 9.89. The number of pyridine rings is 1. The highest BCUT2D eigenvalue weighted by Gasteiger charge is 2.32. The first-order valence-corrected chi connectivity index (χ1v) is 6.59. The zero-order valence-electron chi connectivity index (χ0n) is 11.3. The molecule has 4 nitrogen and oxygen atoms in total. The van der Waals surface area contributed by atoms with Gasteiger partial charge in [-0.3, -0.25) is 9.78 Å². The van der Waals surface area contributed by atoms with Crippen molar-refractivity contribution in [1.29, 1.82) is 0 Å². The summed E-state index contributed by atoms with van der Waals surface area (Å²) in [6.45, 7) is 2.72. The Morgan fingerprint density at radius 1 is 1.35 bits per heavy atom. The molecule has 2 atom stereocenters. The fourth-order valence-corrected chi connectivity index (χ4v) is 2.68. The maximum Gasteiger partial charge on any atom is 0.273 e. The standard InChI is InChI=1S/C15H17N3O.ClH/c1-10-13(16)7-9-18(10)15(19)14-12-5-3-2-4-11(12)6-8-17-14;/h2-6,8,10,13H,7,9,16H2,1H3;1H. The van der Waals surface area contributed by atoms with Gasteiger partial charge in [-0.05, 0) is 24.8 Å². The van der Waals surface area contributed by atoms with Crippen LogP contribution in [0, 0.1) is 0 Å². The van der Waals surface area contributed by atoms with Gasteiger partial charge in [0, 0.05) is 30.2 Å². The number of likely N-dealkylation sites (tertiary alicyclic amines) is 1. The number of rotatable bonds is 1. The van der Waals surface area contributed by atoms with Crippen LogP contribution in [0.2, 0.25) is 0 Å². The predicted octanol–water partition coefficient (Wildman–Crippen LogP) is 2.22. The lowest BCUT2D eigenvalue weighted by atomic mass is 10.1. The molecule has 20 heavy (non-hydrogen) atoms. The normalized spacial score (nSPS) is 21.8. The minimum atomic E-state index is -0.0164. The molecule has 2 heterocycles. The van der Waals surface area contributed by atoms with Crippen molar-refractivity contribution in [2.24, 2.45) is 5.73 Å². The number of benzene rings is 1. The number of halogens is 1. The van der Waals surface area contributed by atoms with Crippen molar-refractivity contribution in [3.8, 4) is 0 Å². The van der Waals surface area contributed by atoms with Crippen LogP contribution in [0.4, 0.5) is 0 Å². The molecule has 1 amide bonds. The second-order valence-electron chi connectivity index (χ2n) is 5.07. The number of aromatic nitrogens is 1. The van der Waals surface area contributed by atoms with E-state index in [9.17, 15) is 4.79 Å². The largest absolute Gasteiger partial charge is 0.333 e. The summed E-state index contributed by atoms with van der Waals surface area (Å²) in [6.07, 6.45) is 2.55. The summed E-state index contributed by atoms with van der Waals surface area (Å²) < 4.78 is 0. The third kappa shape index (κ3) is 2.37. The molecule has 0 spiro atoms. The summed E-state index contributed by atoms with van der Waals surface area (Å²) >= 11 is 0. The van der Waals surface area contributed by atoms with E-state index in [-0.39, 0.29) is 30.4 Å². The summed E-state index contributed by atoms with van der Waals surface area (Å²) in [5, 5.41) is 1.94. The zero-order valence-corrected chi connectivity index (χ0v) is 12.1. The van der Waals surface area contributed by atoms with Gasteiger partial charge in [0.1, 0.15) is 5.69 Å². The maximum absolute atomic E-state index is 12.6. The van der Waals surface area contributed by atoms with E-state index in [0.717, 1.165) is 17.2 Å². The molecule has 1 aromatic carbocycles. The lowest BCUT2D eigenvalue weighted by molar-refractivity contribution is 0.0739. The molecule has 3 rings (SSSR count). The van der Waals surface area contributed by atoms with Gasteiger partial charge >= 0.3 is 0 Å². The quantitative estimate of drug-likeness (QED) is 0.876. The number of nitrogens with zero attached hydrogens (tertiary/aromatic N) is 2. The second-order valence-corrected chi connectivity index (χ2v) is 5.07. The van der Waals surface area contributed by atoms with Crippen molar-refractivity contribution in [2.45, 2.75) is 25.4 Å². The van der Waals surface area contributed by atoms with Crippen molar-refractivity contribution >= 4 is 29.1 Å². The Hall–Kier alpha value is -1.65. The van der Waals surface area contributed by atoms with Gasteiger partial charge in [0.15, 0.2) is 0 Å². The Bertz CT molecular complexity index is 626. The van der Waals surface area contributed by atoms with Gasteiger partial charge in [-0.15, -0.1) is 12.4 Å². The maximum atomic E-state index is 12.6. The van der Waals surface area contributed by atoms with Crippen LogP contribution in [0.5, 0.6) is 0 Å². The highest BCUT2D eigenvalue weighted by atomic mass is 35.5. The van der Waals surface area contributed by atoms with Crippen molar-refractivity contribution in [3.05, 3.63) is 42.2 Å². The molecule has 0 aliphatic carbocycles. The number of carbonyl (C=O) groups excluding carboxylic acids is 1. The summed E-state index contributed by atoms with van der Waals surface area (Å²) in [7, 11) is 0. The van der Waals surface area contributed by atoms with Gasteiger partial charge in [-0.25, -0.2) is 0 Å². The molecule has 1 aromatic heterocycles. The SMILES string of the molecule is CC1C(N)CCN1C(=O)c1nccc2ccccc12.Cl. The van der Waals surface area contributed by atoms with Crippen LogP contribution in [0.25, 0.3) is 10.8 Å². The molecule has 0 bridgehead atoms. The van der Waals surface area contributed by atoms with Gasteiger partial charge in [-0.1, -0.05) is 24.3 Å². The van der Waals surface area contributed by atoms with E-state index in [2.05, 4.69) is 4.98 Å². The third-order valence-electron chi connectivity index (χ3n) is 3.95. The molecular formula is C15H18ClN3O. The van der Waals surface area contributed by atoms with E-state index in [1.165, 1.54) is 0 Å². The first-order valence-electron chi connectivity index (χ1n) is 6.59. The van der Waals surface area contributed by atoms with Crippen LogP contribution in [0.3, 0.4) is 0 Å². The lowest BCUT2D eigenvalue weighted by Crippen LogP contribution is -2.40. The Balaban J connectivity index is 0.00000147. The molecule has 0 radical (unpaired) electrons. The predicted molar refractivity (Wildman–Crippen MR) is 82.1 cm³/mol. The summed E-state index contributed by atoms with van der Waals surface area (Å²) in [5.41, 5.74) is 6.51. The van der Waals surface area contributed by atoms with Crippen LogP contribution in [-0.2, 0) is 0 Å². The number of hydrogen-bond donors (Lipinski definition) is 1. The van der Waals surface area contributed by atoms with E-state index >= 15 is 0 Å². The first kappa shape index (κ1) is 14.8. The van der Waals surface area contributed by atoms with Gasteiger partial charge < -0.3 is 10.6 Å². The van der Waals surface area contributed by atoms with Gasteiger partial charge in [0.05, 0.1) is 0 Å². The Labute approximate surface area is 124 Å². The van der Waals surface area contributed by atoms with Crippen LogP contribution in [0.1, 0.15) is 23.8 Å². The third-order valence-corrected chi connectivity index (χ3v) is 3.95. The molecule has 2 aromatic rings. The van der Waals surface area contributed by atoms with Crippen LogP contribution < -0.4 is 5.73 Å². The van der Waals surface area contributed by atoms with Crippen molar-refractivity contribution in [3.63, 3.8) is 0 Å². The fourth-order valence-electron chi connectivity index (χ4n) is 2.68. The molecule has 0 saturated carbocycles. The fraction of sp³-hybridized carbons (Fsp3) is 0.333. The summed E-state index contributed by atoms with van der Waals surface area (Å²) in [4.78, 5) is 18.7. The van der Waals surface area contributed by atoms with E-state index in [1.54, 1.807) is 6.20 Å². The Morgan fingerprint density at radius 3 is 2.80 bits per heavy atom. The van der Waals surface area contributed by atoms with Gasteiger partial charge in [-0.2, -0.15) is 0 Å². The molecule has 1 aliphatic rings. The van der Waals surface area contributed by atoms with E-state index in [4.69, 9.17) is 5.73 Å². The summed E-state index contributed by atoms with van der Waals surface area (Å²) in [5.74, 6) is -0.0164. The molecule has 2 unspecified atom stereocenters. The second kappa shape index (κ2) is 5.77. The monoisotopic (exact) mass is 291 g/mol. The Morgan fingerprint density at radius 2 is 2.10 bits per heavy atom. The van der Waals surface area contributed by atoms with Gasteiger partial charge in [0.2, 0.25) is 0 Å². The van der Waals surface area contributed by atoms with Crippen molar-refractivity contribution in [2.75, 3.05) is 6.54 Å². The first-order chi connectivity index (χ1) is 9.18. The highest BCUT2D eigenvalue weighted by molar-refractivity contribution is 6.05. The molecule has 2 N–H and O–H groups in total. The molecule has 106 valence electrons. The van der Waals surface area contributed by atoms with E-state index in [1.807, 2.05) is 42.2 Å². The number of amides is 1. The number of nitrogens with two attached hydrogens (primary N) is 1. The van der Waals surface area contributed by atoms with Crippen LogP contribution in [-0.4, -0.2) is 34.4 Å². The molecule has 1 fully saturated rings. The smallest absolute Gasteiger partial charge is 0.273 e. The van der Waals surface area contributed by atoms with E-state index < -0.39 is 0 Å². The molecule has 1 saturated heterocycles. The van der Waals surface area contributed by atoms with Crippen LogP contribution in [0.15, 0.2) is 36.5 Å². The topological polar surface area (TPSA) is 59.2 Å². The average Bonchev–Trinajstić information content (AvgIpc) is 2.78. The van der Waals surface area contributed by atoms with Crippen molar-refractivity contribution in [1.82, 2.24) is 9.88 Å². The minimum Gasteiger partial charge on any atom is -0.333 e. The number of hydrogen-bond acceptors (Lipinski definition) is 3. The highest BCUT2D eigenvalue weighted by Crippen LogP contribution is 2.22. The van der Waals surface area contributed by atoms with Gasteiger partial charge in [0.25, 0.3) is 5.91 Å². The number of fused-ring (bicyclic) bond motifs is 1. The number of carbonyl (C=O) groups is 1. The average molecular weight is 292 g/mol.